The van der Waals surface area contributed by atoms with E-state index in [0.717, 1.165) is 23.4 Å². The Hall–Kier alpha value is -3.15. The monoisotopic (exact) mass is 376 g/mol. The van der Waals surface area contributed by atoms with Gasteiger partial charge in [0.1, 0.15) is 11.6 Å². The number of aryl methyl sites for hydroxylation is 3. The van der Waals surface area contributed by atoms with Gasteiger partial charge in [0.25, 0.3) is 5.91 Å². The molecule has 0 fully saturated rings. The largest absolute Gasteiger partial charge is 0.345 e. The predicted octanol–water partition coefficient (Wildman–Crippen LogP) is 3.88. The van der Waals surface area contributed by atoms with E-state index in [2.05, 4.69) is 20.3 Å². The van der Waals surface area contributed by atoms with E-state index in [-0.39, 0.29) is 17.8 Å². The summed E-state index contributed by atoms with van der Waals surface area (Å²) < 4.78 is 14.1. The molecule has 0 saturated heterocycles. The van der Waals surface area contributed by atoms with Crippen molar-refractivity contribution in [2.45, 2.75) is 39.7 Å². The lowest BCUT2D eigenvalue weighted by molar-refractivity contribution is 0.0922. The number of benzene rings is 1. The molecule has 5 nitrogen and oxygen atoms in total. The molecule has 0 radical (unpaired) electrons. The van der Waals surface area contributed by atoms with E-state index in [0.29, 0.717) is 34.8 Å². The summed E-state index contributed by atoms with van der Waals surface area (Å²) in [5.74, 6) is 0.106. The fourth-order valence-electron chi connectivity index (χ4n) is 3.77. The number of nitrogens with zero attached hydrogens (tertiary/aromatic N) is 3. The first-order chi connectivity index (χ1) is 13.5. The zero-order valence-electron chi connectivity index (χ0n) is 16.1. The number of halogens is 1. The maximum atomic E-state index is 14.1. The number of nitrogens with one attached hydrogen (secondary N) is 1. The quantitative estimate of drug-likeness (QED) is 0.753. The minimum atomic E-state index is -0.334. The van der Waals surface area contributed by atoms with Crippen molar-refractivity contribution in [1.29, 1.82) is 0 Å². The molecule has 1 aromatic carbocycles. The first kappa shape index (κ1) is 18.2. The zero-order chi connectivity index (χ0) is 19.8. The molecule has 0 unspecified atom stereocenters. The first-order valence-corrected chi connectivity index (χ1v) is 9.37. The summed E-state index contributed by atoms with van der Waals surface area (Å²) in [6, 6.07) is 10.1. The fraction of sp³-hybridized carbons (Fsp3) is 0.273. The average molecular weight is 376 g/mol. The van der Waals surface area contributed by atoms with E-state index in [1.54, 1.807) is 6.07 Å². The van der Waals surface area contributed by atoms with Crippen molar-refractivity contribution >= 4 is 5.91 Å². The van der Waals surface area contributed by atoms with E-state index in [1.807, 2.05) is 39.0 Å². The van der Waals surface area contributed by atoms with Crippen LogP contribution < -0.4 is 5.32 Å². The minimum Gasteiger partial charge on any atom is -0.345 e. The van der Waals surface area contributed by atoms with Gasteiger partial charge in [-0.3, -0.25) is 9.78 Å². The van der Waals surface area contributed by atoms with Crippen molar-refractivity contribution in [3.63, 3.8) is 0 Å². The molecule has 1 aliphatic heterocycles. The number of aromatic nitrogens is 3. The van der Waals surface area contributed by atoms with Crippen LogP contribution in [0.1, 0.15) is 51.8 Å². The number of pyridine rings is 1. The van der Waals surface area contributed by atoms with Gasteiger partial charge in [-0.1, -0.05) is 19.1 Å². The maximum absolute atomic E-state index is 14.1. The molecule has 1 N–H and O–H groups in total. The van der Waals surface area contributed by atoms with Gasteiger partial charge in [-0.15, -0.1) is 0 Å². The van der Waals surface area contributed by atoms with Crippen LogP contribution in [0.5, 0.6) is 0 Å². The Balaban J connectivity index is 1.81. The van der Waals surface area contributed by atoms with Crippen LogP contribution in [-0.4, -0.2) is 20.9 Å². The highest BCUT2D eigenvalue weighted by Crippen LogP contribution is 2.33. The summed E-state index contributed by atoms with van der Waals surface area (Å²) in [7, 11) is 0. The predicted molar refractivity (Wildman–Crippen MR) is 104 cm³/mol. The van der Waals surface area contributed by atoms with Crippen molar-refractivity contribution in [1.82, 2.24) is 20.3 Å². The lowest BCUT2D eigenvalue weighted by Crippen LogP contribution is -2.37. The normalized spacial score (nSPS) is 15.9. The van der Waals surface area contributed by atoms with Gasteiger partial charge in [0, 0.05) is 17.7 Å². The van der Waals surface area contributed by atoms with E-state index in [1.165, 1.54) is 12.1 Å². The number of fused-ring (bicyclic) bond motifs is 1. The number of carbonyl (C=O) groups excluding carboxylic acids is 1. The van der Waals surface area contributed by atoms with E-state index < -0.39 is 0 Å². The molecule has 28 heavy (non-hydrogen) atoms. The second kappa shape index (κ2) is 7.11. The van der Waals surface area contributed by atoms with E-state index >= 15 is 0 Å². The first-order valence-electron chi connectivity index (χ1n) is 9.37. The number of rotatable bonds is 3. The fourth-order valence-corrected chi connectivity index (χ4v) is 3.77. The molecule has 6 heteroatoms. The third-order valence-corrected chi connectivity index (χ3v) is 5.04. The smallest absolute Gasteiger partial charge is 0.255 e. The topological polar surface area (TPSA) is 67.8 Å². The molecule has 1 aliphatic rings. The van der Waals surface area contributed by atoms with Gasteiger partial charge < -0.3 is 5.32 Å². The van der Waals surface area contributed by atoms with E-state index in [4.69, 9.17) is 0 Å². The standard InChI is InChI=1S/C22H21FN4O/c1-4-15-6-5-7-18(26-15)17-10-14(23)8-9-16(17)19-11-20-21(22(28)27-19)12(2)24-13(3)25-20/h5-10,19H,4,11H2,1-3H3,(H,27,28)/t19-/m1/s1. The van der Waals surface area contributed by atoms with Crippen LogP contribution >= 0.6 is 0 Å². The molecule has 142 valence electrons. The minimum absolute atomic E-state index is 0.200. The summed E-state index contributed by atoms with van der Waals surface area (Å²) in [6.07, 6.45) is 1.32. The molecular weight excluding hydrogens is 355 g/mol. The lowest BCUT2D eigenvalue weighted by atomic mass is 9.90. The van der Waals surface area contributed by atoms with Crippen molar-refractivity contribution in [3.05, 3.63) is 76.2 Å². The molecule has 1 atom stereocenters. The van der Waals surface area contributed by atoms with Gasteiger partial charge in [-0.2, -0.15) is 0 Å². The van der Waals surface area contributed by atoms with Gasteiger partial charge in [0.15, 0.2) is 0 Å². The Morgan fingerprint density at radius 3 is 2.75 bits per heavy atom. The summed E-state index contributed by atoms with van der Waals surface area (Å²) >= 11 is 0. The highest BCUT2D eigenvalue weighted by molar-refractivity contribution is 5.97. The SMILES string of the molecule is CCc1cccc(-c2cc(F)ccc2[C@H]2Cc3nc(C)nc(C)c3C(=O)N2)n1. The second-order valence-corrected chi connectivity index (χ2v) is 7.01. The Labute approximate surface area is 163 Å². The van der Waals surface area contributed by atoms with Crippen molar-refractivity contribution in [2.24, 2.45) is 0 Å². The molecule has 4 rings (SSSR count). The molecule has 0 saturated carbocycles. The molecular formula is C22H21FN4O. The summed E-state index contributed by atoms with van der Waals surface area (Å²) in [6.45, 7) is 5.66. The Morgan fingerprint density at radius 2 is 1.96 bits per heavy atom. The van der Waals surface area contributed by atoms with Crippen LogP contribution in [0.2, 0.25) is 0 Å². The number of hydrogen-bond acceptors (Lipinski definition) is 4. The van der Waals surface area contributed by atoms with Gasteiger partial charge >= 0.3 is 0 Å². The number of hydrogen-bond donors (Lipinski definition) is 1. The molecule has 2 aromatic heterocycles. The second-order valence-electron chi connectivity index (χ2n) is 7.01. The zero-order valence-corrected chi connectivity index (χ0v) is 16.1. The molecule has 1 amide bonds. The molecule has 3 aromatic rings. The molecule has 0 bridgehead atoms. The average Bonchev–Trinajstić information content (AvgIpc) is 2.67. The number of amides is 1. The van der Waals surface area contributed by atoms with Gasteiger partial charge in [-0.05, 0) is 50.1 Å². The Kier molecular flexibility index (Phi) is 4.63. The van der Waals surface area contributed by atoms with Crippen molar-refractivity contribution in [2.75, 3.05) is 0 Å². The van der Waals surface area contributed by atoms with E-state index in [9.17, 15) is 9.18 Å². The summed E-state index contributed by atoms with van der Waals surface area (Å²) in [5.41, 5.74) is 5.09. The van der Waals surface area contributed by atoms with Crippen LogP contribution in [0, 0.1) is 19.7 Å². The summed E-state index contributed by atoms with van der Waals surface area (Å²) in [4.78, 5) is 26.2. The third kappa shape index (κ3) is 3.26. The Morgan fingerprint density at radius 1 is 1.14 bits per heavy atom. The van der Waals surface area contributed by atoms with Gasteiger partial charge in [0.05, 0.1) is 28.7 Å². The van der Waals surface area contributed by atoms with Gasteiger partial charge in [-0.25, -0.2) is 14.4 Å². The number of carbonyl (C=O) groups is 1. The highest BCUT2D eigenvalue weighted by Gasteiger charge is 2.30. The van der Waals surface area contributed by atoms with Crippen LogP contribution in [0.4, 0.5) is 4.39 Å². The third-order valence-electron chi connectivity index (χ3n) is 5.04. The molecule has 3 heterocycles. The van der Waals surface area contributed by atoms with Crippen molar-refractivity contribution in [3.8, 4) is 11.3 Å². The molecule has 0 spiro atoms. The van der Waals surface area contributed by atoms with Crippen LogP contribution in [0.3, 0.4) is 0 Å². The van der Waals surface area contributed by atoms with Gasteiger partial charge in [0.2, 0.25) is 0 Å². The van der Waals surface area contributed by atoms with Crippen LogP contribution in [-0.2, 0) is 12.8 Å². The van der Waals surface area contributed by atoms with Crippen molar-refractivity contribution < 1.29 is 9.18 Å². The maximum Gasteiger partial charge on any atom is 0.255 e. The summed E-state index contributed by atoms with van der Waals surface area (Å²) in [5, 5.41) is 3.04. The van der Waals surface area contributed by atoms with Crippen LogP contribution in [0.25, 0.3) is 11.3 Å². The lowest BCUT2D eigenvalue weighted by Gasteiger charge is -2.27. The highest BCUT2D eigenvalue weighted by atomic mass is 19.1. The van der Waals surface area contributed by atoms with Crippen LogP contribution in [0.15, 0.2) is 36.4 Å². The Bertz CT molecular complexity index is 1080. The molecule has 0 aliphatic carbocycles.